The van der Waals surface area contributed by atoms with Gasteiger partial charge in [-0.1, -0.05) is 0 Å². The Balaban J connectivity index is 2.56. The summed E-state index contributed by atoms with van der Waals surface area (Å²) in [6.07, 6.45) is 1.30. The van der Waals surface area contributed by atoms with E-state index in [4.69, 9.17) is 4.74 Å². The maximum Gasteiger partial charge on any atom is 0.146 e. The molecule has 0 amide bonds. The molecule has 6 heteroatoms. The van der Waals surface area contributed by atoms with E-state index in [1.165, 1.54) is 31.6 Å². The van der Waals surface area contributed by atoms with Crippen LogP contribution in [0.3, 0.4) is 0 Å². The van der Waals surface area contributed by atoms with Crippen molar-refractivity contribution >= 4 is 15.9 Å². The van der Waals surface area contributed by atoms with Crippen LogP contribution in [0.15, 0.2) is 35.1 Å². The zero-order chi connectivity index (χ0) is 14.0. The van der Waals surface area contributed by atoms with Crippen molar-refractivity contribution in [1.82, 2.24) is 4.98 Å². The molecule has 0 radical (unpaired) electrons. The Hall–Kier alpha value is -1.53. The molecule has 2 rings (SSSR count). The summed E-state index contributed by atoms with van der Waals surface area (Å²) in [7, 11) is 1.39. The molecule has 100 valence electrons. The van der Waals surface area contributed by atoms with Gasteiger partial charge in [0.25, 0.3) is 0 Å². The van der Waals surface area contributed by atoms with Gasteiger partial charge >= 0.3 is 0 Å². The number of aromatic nitrogens is 1. The fourth-order valence-corrected chi connectivity index (χ4v) is 2.08. The summed E-state index contributed by atoms with van der Waals surface area (Å²) in [5.74, 6) is -1.41. The minimum Gasteiger partial charge on any atom is -0.495 e. The van der Waals surface area contributed by atoms with Crippen molar-refractivity contribution in [3.8, 4) is 5.75 Å². The molecule has 0 bridgehead atoms. The zero-order valence-electron chi connectivity index (χ0n) is 9.90. The van der Waals surface area contributed by atoms with Gasteiger partial charge < -0.3 is 9.84 Å². The van der Waals surface area contributed by atoms with E-state index >= 15 is 0 Å². The quantitative estimate of drug-likeness (QED) is 0.879. The molecule has 1 atom stereocenters. The van der Waals surface area contributed by atoms with Crippen LogP contribution in [-0.2, 0) is 0 Å². The van der Waals surface area contributed by atoms with Gasteiger partial charge in [0.05, 0.1) is 23.3 Å². The summed E-state index contributed by atoms with van der Waals surface area (Å²) in [6.45, 7) is 0. The van der Waals surface area contributed by atoms with E-state index in [0.29, 0.717) is 0 Å². The van der Waals surface area contributed by atoms with Crippen LogP contribution in [0.4, 0.5) is 8.78 Å². The van der Waals surface area contributed by atoms with E-state index in [1.807, 2.05) is 0 Å². The lowest BCUT2D eigenvalue weighted by atomic mass is 10.0. The zero-order valence-corrected chi connectivity index (χ0v) is 11.5. The number of nitrogens with zero attached hydrogens (tertiary/aromatic N) is 1. The van der Waals surface area contributed by atoms with Crippen LogP contribution in [0.5, 0.6) is 5.75 Å². The van der Waals surface area contributed by atoms with Crippen molar-refractivity contribution in [2.24, 2.45) is 0 Å². The van der Waals surface area contributed by atoms with Gasteiger partial charge in [0.15, 0.2) is 0 Å². The van der Waals surface area contributed by atoms with E-state index < -0.39 is 23.3 Å². The SMILES string of the molecule is COc1cnccc1C(O)c1c(F)ccc(Br)c1F. The number of hydrogen-bond acceptors (Lipinski definition) is 3. The number of halogens is 3. The summed E-state index contributed by atoms with van der Waals surface area (Å²) >= 11 is 2.96. The van der Waals surface area contributed by atoms with E-state index in [1.54, 1.807) is 0 Å². The number of aliphatic hydroxyl groups excluding tert-OH is 1. The Morgan fingerprint density at radius 1 is 1.32 bits per heavy atom. The van der Waals surface area contributed by atoms with Gasteiger partial charge in [-0.25, -0.2) is 8.78 Å². The third kappa shape index (κ3) is 2.59. The van der Waals surface area contributed by atoms with Crippen molar-refractivity contribution in [2.75, 3.05) is 7.11 Å². The third-order valence-electron chi connectivity index (χ3n) is 2.68. The van der Waals surface area contributed by atoms with E-state index in [-0.39, 0.29) is 15.8 Å². The first-order valence-electron chi connectivity index (χ1n) is 5.35. The summed E-state index contributed by atoms with van der Waals surface area (Å²) < 4.78 is 32.8. The number of ether oxygens (including phenoxy) is 1. The maximum atomic E-state index is 13.9. The predicted octanol–water partition coefficient (Wildman–Crippen LogP) is 3.21. The number of rotatable bonds is 3. The molecule has 1 unspecified atom stereocenters. The normalized spacial score (nSPS) is 12.3. The summed E-state index contributed by atoms with van der Waals surface area (Å²) in [5, 5.41) is 10.2. The molecule has 1 N–H and O–H groups in total. The molecule has 1 aromatic carbocycles. The summed E-state index contributed by atoms with van der Waals surface area (Å²) in [6, 6.07) is 3.77. The lowest BCUT2D eigenvalue weighted by Crippen LogP contribution is -2.08. The Kier molecular flexibility index (Phi) is 4.11. The summed E-state index contributed by atoms with van der Waals surface area (Å²) in [4.78, 5) is 3.82. The average Bonchev–Trinajstić information content (AvgIpc) is 2.43. The highest BCUT2D eigenvalue weighted by atomic mass is 79.9. The molecule has 3 nitrogen and oxygen atoms in total. The highest BCUT2D eigenvalue weighted by Crippen LogP contribution is 2.34. The molecule has 1 heterocycles. The number of benzene rings is 1. The smallest absolute Gasteiger partial charge is 0.146 e. The fraction of sp³-hybridized carbons (Fsp3) is 0.154. The Morgan fingerprint density at radius 3 is 2.74 bits per heavy atom. The highest BCUT2D eigenvalue weighted by Gasteiger charge is 2.24. The van der Waals surface area contributed by atoms with Gasteiger partial charge in [0.2, 0.25) is 0 Å². The van der Waals surface area contributed by atoms with Crippen LogP contribution in [0.1, 0.15) is 17.2 Å². The van der Waals surface area contributed by atoms with Crippen LogP contribution in [0.2, 0.25) is 0 Å². The first-order valence-corrected chi connectivity index (χ1v) is 6.15. The molecule has 0 aliphatic carbocycles. The number of methoxy groups -OCH3 is 1. The Morgan fingerprint density at radius 2 is 2.05 bits per heavy atom. The second-order valence-electron chi connectivity index (χ2n) is 3.78. The van der Waals surface area contributed by atoms with Gasteiger partial charge in [-0.3, -0.25) is 4.98 Å². The van der Waals surface area contributed by atoms with E-state index in [0.717, 1.165) is 6.07 Å². The first kappa shape index (κ1) is 13.9. The maximum absolute atomic E-state index is 13.9. The van der Waals surface area contributed by atoms with Gasteiger partial charge in [0.1, 0.15) is 23.5 Å². The fourth-order valence-electron chi connectivity index (χ4n) is 1.74. The van der Waals surface area contributed by atoms with Gasteiger partial charge in [-0.15, -0.1) is 0 Å². The average molecular weight is 330 g/mol. The van der Waals surface area contributed by atoms with Gasteiger partial charge in [-0.2, -0.15) is 0 Å². The molecule has 0 aliphatic heterocycles. The van der Waals surface area contributed by atoms with Gasteiger partial charge in [-0.05, 0) is 34.1 Å². The van der Waals surface area contributed by atoms with Crippen molar-refractivity contribution in [2.45, 2.75) is 6.10 Å². The molecular weight excluding hydrogens is 320 g/mol. The van der Waals surface area contributed by atoms with Crippen LogP contribution in [-0.4, -0.2) is 17.2 Å². The molecule has 0 aliphatic rings. The lowest BCUT2D eigenvalue weighted by molar-refractivity contribution is 0.203. The van der Waals surface area contributed by atoms with Gasteiger partial charge in [0, 0.05) is 11.8 Å². The highest BCUT2D eigenvalue weighted by molar-refractivity contribution is 9.10. The standard InChI is InChI=1S/C13H10BrF2NO2/c1-19-10-6-17-5-4-7(10)13(18)11-9(15)3-2-8(14)12(11)16/h2-6,13,18H,1H3. The lowest BCUT2D eigenvalue weighted by Gasteiger charge is -2.16. The number of hydrogen-bond donors (Lipinski definition) is 1. The molecule has 0 fully saturated rings. The number of aliphatic hydroxyl groups is 1. The van der Waals surface area contributed by atoms with Crippen molar-refractivity contribution < 1.29 is 18.6 Å². The minimum atomic E-state index is -1.48. The first-order chi connectivity index (χ1) is 9.06. The second kappa shape index (κ2) is 5.63. The van der Waals surface area contributed by atoms with E-state index in [9.17, 15) is 13.9 Å². The Bertz CT molecular complexity index is 607. The van der Waals surface area contributed by atoms with Crippen molar-refractivity contribution in [3.63, 3.8) is 0 Å². The summed E-state index contributed by atoms with van der Waals surface area (Å²) in [5.41, 5.74) is -0.188. The molecular formula is C13H10BrF2NO2. The molecule has 2 aromatic rings. The monoisotopic (exact) mass is 329 g/mol. The molecule has 0 saturated carbocycles. The number of pyridine rings is 1. The van der Waals surface area contributed by atoms with Crippen LogP contribution < -0.4 is 4.74 Å². The predicted molar refractivity (Wildman–Crippen MR) is 68.9 cm³/mol. The van der Waals surface area contributed by atoms with Crippen molar-refractivity contribution in [1.29, 1.82) is 0 Å². The largest absolute Gasteiger partial charge is 0.495 e. The van der Waals surface area contributed by atoms with Crippen LogP contribution in [0.25, 0.3) is 0 Å². The van der Waals surface area contributed by atoms with E-state index in [2.05, 4.69) is 20.9 Å². The third-order valence-corrected chi connectivity index (χ3v) is 3.30. The van der Waals surface area contributed by atoms with Crippen LogP contribution >= 0.6 is 15.9 Å². The minimum absolute atomic E-state index is 0.0796. The van der Waals surface area contributed by atoms with Crippen LogP contribution in [0, 0.1) is 11.6 Å². The molecule has 0 saturated heterocycles. The molecule has 0 spiro atoms. The topological polar surface area (TPSA) is 42.4 Å². The van der Waals surface area contributed by atoms with Crippen molar-refractivity contribution in [3.05, 3.63) is 57.8 Å². The second-order valence-corrected chi connectivity index (χ2v) is 4.63. The Labute approximate surface area is 117 Å². The molecule has 1 aromatic heterocycles. The molecule has 19 heavy (non-hydrogen) atoms.